The van der Waals surface area contributed by atoms with Crippen LogP contribution >= 0.6 is 11.8 Å². The van der Waals surface area contributed by atoms with E-state index in [0.29, 0.717) is 17.7 Å². The zero-order valence-electron chi connectivity index (χ0n) is 11.9. The first-order valence-corrected chi connectivity index (χ1v) is 7.92. The van der Waals surface area contributed by atoms with Gasteiger partial charge in [0, 0.05) is 16.2 Å². The molecule has 0 saturated carbocycles. The number of carbonyl (C=O) groups is 2. The van der Waals surface area contributed by atoms with Crippen LogP contribution in [0.4, 0.5) is 0 Å². The Bertz CT molecular complexity index is 616. The highest BCUT2D eigenvalue weighted by atomic mass is 32.2. The Morgan fingerprint density at radius 1 is 1.00 bits per heavy atom. The molecule has 0 aliphatic carbocycles. The van der Waals surface area contributed by atoms with Gasteiger partial charge in [-0.25, -0.2) is 4.79 Å². The SMILES string of the molecule is O=C(N[C@@H](CCSc1ccccc1)C(=O)O)c1ccccc1. The van der Waals surface area contributed by atoms with Crippen molar-refractivity contribution in [3.63, 3.8) is 0 Å². The van der Waals surface area contributed by atoms with E-state index < -0.39 is 12.0 Å². The van der Waals surface area contributed by atoms with Crippen molar-refractivity contribution in [3.05, 3.63) is 66.2 Å². The number of rotatable bonds is 7. The van der Waals surface area contributed by atoms with Crippen LogP contribution in [0, 0.1) is 0 Å². The molecule has 0 radical (unpaired) electrons. The number of amides is 1. The molecule has 0 unspecified atom stereocenters. The fourth-order valence-electron chi connectivity index (χ4n) is 1.90. The topological polar surface area (TPSA) is 66.4 Å². The fourth-order valence-corrected chi connectivity index (χ4v) is 2.84. The Morgan fingerprint density at radius 3 is 2.18 bits per heavy atom. The van der Waals surface area contributed by atoms with Gasteiger partial charge in [-0.2, -0.15) is 0 Å². The van der Waals surface area contributed by atoms with Gasteiger partial charge in [0.15, 0.2) is 0 Å². The lowest BCUT2D eigenvalue weighted by molar-refractivity contribution is -0.139. The molecule has 1 atom stereocenters. The maximum atomic E-state index is 12.0. The zero-order chi connectivity index (χ0) is 15.8. The number of aliphatic carboxylic acids is 1. The van der Waals surface area contributed by atoms with Crippen molar-refractivity contribution in [1.82, 2.24) is 5.32 Å². The highest BCUT2D eigenvalue weighted by Gasteiger charge is 2.20. The van der Waals surface area contributed by atoms with Crippen LogP contribution in [0.1, 0.15) is 16.8 Å². The Hall–Kier alpha value is -2.27. The van der Waals surface area contributed by atoms with Gasteiger partial charge in [0.05, 0.1) is 0 Å². The summed E-state index contributed by atoms with van der Waals surface area (Å²) in [7, 11) is 0. The van der Waals surface area contributed by atoms with Crippen molar-refractivity contribution in [1.29, 1.82) is 0 Å². The lowest BCUT2D eigenvalue weighted by Crippen LogP contribution is -2.41. The monoisotopic (exact) mass is 315 g/mol. The molecular formula is C17H17NO3S. The van der Waals surface area contributed by atoms with Gasteiger partial charge in [-0.05, 0) is 30.7 Å². The Labute approximate surface area is 133 Å². The Morgan fingerprint density at radius 2 is 1.59 bits per heavy atom. The Kier molecular flexibility index (Phi) is 6.03. The molecule has 0 spiro atoms. The van der Waals surface area contributed by atoms with Gasteiger partial charge in [-0.1, -0.05) is 36.4 Å². The molecule has 0 fully saturated rings. The molecule has 0 saturated heterocycles. The first-order chi connectivity index (χ1) is 10.7. The zero-order valence-corrected chi connectivity index (χ0v) is 12.8. The first-order valence-electron chi connectivity index (χ1n) is 6.93. The van der Waals surface area contributed by atoms with Crippen molar-refractivity contribution in [2.75, 3.05) is 5.75 Å². The fraction of sp³-hybridized carbons (Fsp3) is 0.176. The van der Waals surface area contributed by atoms with Crippen LogP contribution in [-0.4, -0.2) is 28.8 Å². The normalized spacial score (nSPS) is 11.6. The third kappa shape index (κ3) is 4.93. The molecule has 22 heavy (non-hydrogen) atoms. The summed E-state index contributed by atoms with van der Waals surface area (Å²) in [5.41, 5.74) is 0.462. The molecule has 0 aliphatic heterocycles. The molecule has 0 aromatic heterocycles. The van der Waals surface area contributed by atoms with Gasteiger partial charge in [0.1, 0.15) is 6.04 Å². The van der Waals surface area contributed by atoms with Gasteiger partial charge in [-0.3, -0.25) is 4.79 Å². The number of nitrogens with one attached hydrogen (secondary N) is 1. The number of carbonyl (C=O) groups excluding carboxylic acids is 1. The van der Waals surface area contributed by atoms with Crippen LogP contribution in [0.5, 0.6) is 0 Å². The summed E-state index contributed by atoms with van der Waals surface area (Å²) in [6.07, 6.45) is 0.369. The summed E-state index contributed by atoms with van der Waals surface area (Å²) in [5, 5.41) is 11.8. The van der Waals surface area contributed by atoms with E-state index in [1.54, 1.807) is 36.0 Å². The summed E-state index contributed by atoms with van der Waals surface area (Å²) in [4.78, 5) is 24.4. The molecule has 114 valence electrons. The summed E-state index contributed by atoms with van der Waals surface area (Å²) in [6.45, 7) is 0. The number of benzene rings is 2. The van der Waals surface area contributed by atoms with Gasteiger partial charge in [0.2, 0.25) is 0 Å². The summed E-state index contributed by atoms with van der Waals surface area (Å²) in [6, 6.07) is 17.5. The minimum Gasteiger partial charge on any atom is -0.480 e. The van der Waals surface area contributed by atoms with Gasteiger partial charge >= 0.3 is 5.97 Å². The third-order valence-electron chi connectivity index (χ3n) is 3.06. The molecule has 0 heterocycles. The van der Waals surface area contributed by atoms with E-state index in [2.05, 4.69) is 5.32 Å². The van der Waals surface area contributed by atoms with E-state index in [1.165, 1.54) is 0 Å². The number of carboxylic acids is 1. The van der Waals surface area contributed by atoms with Crippen molar-refractivity contribution in [3.8, 4) is 0 Å². The van der Waals surface area contributed by atoms with Crippen molar-refractivity contribution < 1.29 is 14.7 Å². The molecule has 0 bridgehead atoms. The lowest BCUT2D eigenvalue weighted by Gasteiger charge is -2.14. The van der Waals surface area contributed by atoms with Crippen LogP contribution in [0.25, 0.3) is 0 Å². The predicted octanol–water partition coefficient (Wildman–Crippen LogP) is 3.05. The quantitative estimate of drug-likeness (QED) is 0.771. The van der Waals surface area contributed by atoms with Crippen molar-refractivity contribution >= 4 is 23.6 Å². The molecule has 0 aliphatic rings. The number of hydrogen-bond acceptors (Lipinski definition) is 3. The molecule has 2 rings (SSSR count). The second-order valence-electron chi connectivity index (χ2n) is 4.68. The average Bonchev–Trinajstić information content (AvgIpc) is 2.55. The minimum absolute atomic E-state index is 0.363. The Balaban J connectivity index is 1.87. The molecule has 5 heteroatoms. The van der Waals surface area contributed by atoms with Crippen LogP contribution in [0.15, 0.2) is 65.6 Å². The van der Waals surface area contributed by atoms with Crippen LogP contribution < -0.4 is 5.32 Å². The van der Waals surface area contributed by atoms with Gasteiger partial charge < -0.3 is 10.4 Å². The van der Waals surface area contributed by atoms with E-state index in [-0.39, 0.29) is 5.91 Å². The average molecular weight is 315 g/mol. The summed E-state index contributed by atoms with van der Waals surface area (Å²) >= 11 is 1.57. The third-order valence-corrected chi connectivity index (χ3v) is 4.10. The lowest BCUT2D eigenvalue weighted by atomic mass is 10.1. The minimum atomic E-state index is -1.02. The molecule has 2 aromatic rings. The molecule has 2 aromatic carbocycles. The highest BCUT2D eigenvalue weighted by Crippen LogP contribution is 2.18. The van der Waals surface area contributed by atoms with E-state index in [1.807, 2.05) is 36.4 Å². The van der Waals surface area contributed by atoms with Gasteiger partial charge in [-0.15, -0.1) is 11.8 Å². The number of hydrogen-bond donors (Lipinski definition) is 2. The molecule has 1 amide bonds. The van der Waals surface area contributed by atoms with Crippen LogP contribution in [0.3, 0.4) is 0 Å². The highest BCUT2D eigenvalue weighted by molar-refractivity contribution is 7.99. The maximum absolute atomic E-state index is 12.0. The van der Waals surface area contributed by atoms with Gasteiger partial charge in [0.25, 0.3) is 5.91 Å². The van der Waals surface area contributed by atoms with Crippen LogP contribution in [0.2, 0.25) is 0 Å². The van der Waals surface area contributed by atoms with E-state index >= 15 is 0 Å². The number of carboxylic acid groups (broad SMARTS) is 1. The second kappa shape index (κ2) is 8.24. The smallest absolute Gasteiger partial charge is 0.326 e. The standard InChI is InChI=1S/C17H17NO3S/c19-16(13-7-3-1-4-8-13)18-15(17(20)21)11-12-22-14-9-5-2-6-10-14/h1-10,15H,11-12H2,(H,18,19)(H,20,21)/t15-/m0/s1. The molecule has 4 nitrogen and oxygen atoms in total. The van der Waals surface area contributed by atoms with E-state index in [9.17, 15) is 14.7 Å². The summed E-state index contributed by atoms with van der Waals surface area (Å²) in [5.74, 6) is -0.758. The van der Waals surface area contributed by atoms with E-state index in [0.717, 1.165) is 4.90 Å². The summed E-state index contributed by atoms with van der Waals surface area (Å²) < 4.78 is 0. The first kappa shape index (κ1) is 16.1. The largest absolute Gasteiger partial charge is 0.480 e. The maximum Gasteiger partial charge on any atom is 0.326 e. The molecular weight excluding hydrogens is 298 g/mol. The number of thioether (sulfide) groups is 1. The van der Waals surface area contributed by atoms with Crippen molar-refractivity contribution in [2.45, 2.75) is 17.4 Å². The van der Waals surface area contributed by atoms with Crippen molar-refractivity contribution in [2.24, 2.45) is 0 Å². The predicted molar refractivity (Wildman–Crippen MR) is 87.1 cm³/mol. The second-order valence-corrected chi connectivity index (χ2v) is 5.85. The molecule has 2 N–H and O–H groups in total. The van der Waals surface area contributed by atoms with Crippen LogP contribution in [-0.2, 0) is 4.79 Å². The van der Waals surface area contributed by atoms with E-state index in [4.69, 9.17) is 0 Å².